The quantitative estimate of drug-likeness (QED) is 0.715. The Bertz CT molecular complexity index is 1030. The Kier molecular flexibility index (Phi) is 6.10. The van der Waals surface area contributed by atoms with Gasteiger partial charge < -0.3 is 10.4 Å². The lowest BCUT2D eigenvalue weighted by molar-refractivity contribution is -0.137. The molecule has 2 unspecified atom stereocenters. The summed E-state index contributed by atoms with van der Waals surface area (Å²) in [5, 5.41) is 20.9. The summed E-state index contributed by atoms with van der Waals surface area (Å²) in [6.45, 7) is -0.528. The number of halogens is 4. The number of nitriles is 1. The highest BCUT2D eigenvalue weighted by atomic mass is 19.4. The van der Waals surface area contributed by atoms with Gasteiger partial charge in [0.1, 0.15) is 18.3 Å². The maximum atomic E-state index is 13.5. The molecule has 7 nitrogen and oxygen atoms in total. The standard InChI is InChI=1S/C20H16F4N4O3/c21-14-5-17(28(10-14)19(30)31)18(29)27-9-15-6-16(12(7-25)8-26-15)11-1-3-13(4-2-11)20(22,23)24/h1-4,6,8,14,17H,5,9-10H2,(H,27,29)(H,30,31). The van der Waals surface area contributed by atoms with Crippen LogP contribution in [-0.4, -0.2) is 45.7 Å². The predicted molar refractivity (Wildman–Crippen MR) is 99.3 cm³/mol. The number of nitrogens with one attached hydrogen (secondary N) is 1. The third kappa shape index (κ3) is 4.91. The molecule has 1 aromatic heterocycles. The SMILES string of the molecule is N#Cc1cnc(CNC(=O)C2CC(F)CN2C(=O)O)cc1-c1ccc(C(F)(F)F)cc1. The molecule has 162 valence electrons. The van der Waals surface area contributed by atoms with Gasteiger partial charge in [-0.05, 0) is 23.8 Å². The van der Waals surface area contributed by atoms with Crippen molar-refractivity contribution in [3.8, 4) is 17.2 Å². The Morgan fingerprint density at radius 3 is 2.55 bits per heavy atom. The van der Waals surface area contributed by atoms with Gasteiger partial charge in [-0.25, -0.2) is 9.18 Å². The average molecular weight is 436 g/mol. The molecule has 1 saturated heterocycles. The lowest BCUT2D eigenvalue weighted by atomic mass is 10.00. The summed E-state index contributed by atoms with van der Waals surface area (Å²) in [6, 6.07) is 6.44. The van der Waals surface area contributed by atoms with Gasteiger partial charge in [0.05, 0.1) is 29.9 Å². The second kappa shape index (κ2) is 8.59. The van der Waals surface area contributed by atoms with Crippen LogP contribution < -0.4 is 5.32 Å². The van der Waals surface area contributed by atoms with Gasteiger partial charge in [0.2, 0.25) is 5.91 Å². The van der Waals surface area contributed by atoms with Crippen LogP contribution in [0.3, 0.4) is 0 Å². The second-order valence-electron chi connectivity index (χ2n) is 6.91. The van der Waals surface area contributed by atoms with E-state index in [1.807, 2.05) is 6.07 Å². The minimum atomic E-state index is -4.49. The molecule has 1 fully saturated rings. The first-order valence-corrected chi connectivity index (χ1v) is 9.08. The summed E-state index contributed by atoms with van der Waals surface area (Å²) >= 11 is 0. The van der Waals surface area contributed by atoms with E-state index in [1.54, 1.807) is 0 Å². The number of amides is 2. The number of pyridine rings is 1. The van der Waals surface area contributed by atoms with Crippen LogP contribution in [0.2, 0.25) is 0 Å². The number of alkyl halides is 4. The van der Waals surface area contributed by atoms with Gasteiger partial charge in [-0.1, -0.05) is 12.1 Å². The number of aromatic nitrogens is 1. The van der Waals surface area contributed by atoms with Gasteiger partial charge in [0, 0.05) is 18.2 Å². The van der Waals surface area contributed by atoms with Crippen LogP contribution in [0.15, 0.2) is 36.5 Å². The van der Waals surface area contributed by atoms with Crippen molar-refractivity contribution in [1.29, 1.82) is 5.26 Å². The fourth-order valence-electron chi connectivity index (χ4n) is 3.30. The Morgan fingerprint density at radius 2 is 1.97 bits per heavy atom. The van der Waals surface area contributed by atoms with E-state index < -0.39 is 36.0 Å². The second-order valence-corrected chi connectivity index (χ2v) is 6.91. The van der Waals surface area contributed by atoms with E-state index in [-0.39, 0.29) is 25.1 Å². The third-order valence-corrected chi connectivity index (χ3v) is 4.85. The van der Waals surface area contributed by atoms with Crippen LogP contribution in [0.25, 0.3) is 11.1 Å². The molecule has 3 rings (SSSR count). The monoisotopic (exact) mass is 436 g/mol. The van der Waals surface area contributed by atoms with E-state index >= 15 is 0 Å². The molecule has 31 heavy (non-hydrogen) atoms. The van der Waals surface area contributed by atoms with Crippen molar-refractivity contribution in [2.75, 3.05) is 6.54 Å². The topological polar surface area (TPSA) is 106 Å². The lowest BCUT2D eigenvalue weighted by Gasteiger charge is -2.20. The number of carbonyl (C=O) groups excluding carboxylic acids is 1. The van der Waals surface area contributed by atoms with Gasteiger partial charge in [-0.2, -0.15) is 18.4 Å². The average Bonchev–Trinajstić information content (AvgIpc) is 3.13. The minimum Gasteiger partial charge on any atom is -0.465 e. The summed E-state index contributed by atoms with van der Waals surface area (Å²) in [5.74, 6) is -0.690. The highest BCUT2D eigenvalue weighted by molar-refractivity contribution is 5.86. The van der Waals surface area contributed by atoms with Gasteiger partial charge in [0.25, 0.3) is 0 Å². The summed E-state index contributed by atoms with van der Waals surface area (Å²) in [4.78, 5) is 28.2. The molecule has 2 aromatic rings. The van der Waals surface area contributed by atoms with Gasteiger partial charge in [-0.15, -0.1) is 0 Å². The molecule has 1 aliphatic rings. The molecule has 0 aliphatic carbocycles. The van der Waals surface area contributed by atoms with Crippen molar-refractivity contribution in [1.82, 2.24) is 15.2 Å². The predicted octanol–water partition coefficient (Wildman–Crippen LogP) is 3.35. The van der Waals surface area contributed by atoms with Crippen molar-refractivity contribution in [2.24, 2.45) is 0 Å². The highest BCUT2D eigenvalue weighted by Crippen LogP contribution is 2.32. The zero-order valence-corrected chi connectivity index (χ0v) is 15.9. The van der Waals surface area contributed by atoms with Crippen LogP contribution in [-0.2, 0) is 17.5 Å². The van der Waals surface area contributed by atoms with Crippen LogP contribution in [0, 0.1) is 11.3 Å². The highest BCUT2D eigenvalue weighted by Gasteiger charge is 2.39. The lowest BCUT2D eigenvalue weighted by Crippen LogP contribution is -2.45. The zero-order chi connectivity index (χ0) is 22.8. The Morgan fingerprint density at radius 1 is 1.29 bits per heavy atom. The summed E-state index contributed by atoms with van der Waals surface area (Å²) in [7, 11) is 0. The van der Waals surface area contributed by atoms with E-state index in [1.165, 1.54) is 24.4 Å². The Labute approximate surface area is 173 Å². The molecule has 1 aromatic carbocycles. The van der Waals surface area contributed by atoms with E-state index in [4.69, 9.17) is 5.11 Å². The maximum absolute atomic E-state index is 13.5. The number of hydrogen-bond donors (Lipinski definition) is 2. The number of carboxylic acid groups (broad SMARTS) is 1. The molecule has 11 heteroatoms. The molecule has 2 amide bonds. The van der Waals surface area contributed by atoms with E-state index in [2.05, 4.69) is 10.3 Å². The third-order valence-electron chi connectivity index (χ3n) is 4.85. The van der Waals surface area contributed by atoms with Crippen LogP contribution >= 0.6 is 0 Å². The first-order chi connectivity index (χ1) is 14.6. The number of carbonyl (C=O) groups is 2. The van der Waals surface area contributed by atoms with Crippen molar-refractivity contribution in [3.05, 3.63) is 53.3 Å². The Hall–Kier alpha value is -3.68. The van der Waals surface area contributed by atoms with Crippen LogP contribution in [0.1, 0.15) is 23.2 Å². The number of hydrogen-bond acceptors (Lipinski definition) is 4. The van der Waals surface area contributed by atoms with Crippen molar-refractivity contribution >= 4 is 12.0 Å². The zero-order valence-electron chi connectivity index (χ0n) is 15.9. The van der Waals surface area contributed by atoms with Crippen LogP contribution in [0.5, 0.6) is 0 Å². The molecule has 0 bridgehead atoms. The molecule has 2 N–H and O–H groups in total. The fraction of sp³-hybridized carbons (Fsp3) is 0.300. The van der Waals surface area contributed by atoms with Gasteiger partial charge in [0.15, 0.2) is 0 Å². The molecule has 2 heterocycles. The minimum absolute atomic E-state index is 0.128. The van der Waals surface area contributed by atoms with Crippen molar-refractivity contribution in [2.45, 2.75) is 31.4 Å². The summed E-state index contributed by atoms with van der Waals surface area (Å²) < 4.78 is 51.8. The number of nitrogens with zero attached hydrogens (tertiary/aromatic N) is 3. The van der Waals surface area contributed by atoms with E-state index in [0.29, 0.717) is 16.8 Å². The molecule has 0 spiro atoms. The molecule has 1 aliphatic heterocycles. The molecular weight excluding hydrogens is 420 g/mol. The molecule has 0 radical (unpaired) electrons. The Balaban J connectivity index is 1.77. The fourth-order valence-corrected chi connectivity index (χ4v) is 3.30. The van der Waals surface area contributed by atoms with Gasteiger partial charge in [-0.3, -0.25) is 14.7 Å². The van der Waals surface area contributed by atoms with Crippen molar-refractivity contribution in [3.63, 3.8) is 0 Å². The first kappa shape index (κ1) is 22.0. The number of rotatable bonds is 4. The van der Waals surface area contributed by atoms with Crippen molar-refractivity contribution < 1.29 is 32.3 Å². The number of likely N-dealkylation sites (tertiary alicyclic amines) is 1. The van der Waals surface area contributed by atoms with E-state index in [0.717, 1.165) is 17.0 Å². The molecular formula is C20H16F4N4O3. The first-order valence-electron chi connectivity index (χ1n) is 9.08. The summed E-state index contributed by atoms with van der Waals surface area (Å²) in [5.41, 5.74) is 0.267. The van der Waals surface area contributed by atoms with Crippen LogP contribution in [0.4, 0.5) is 22.4 Å². The molecule has 2 atom stereocenters. The van der Waals surface area contributed by atoms with Gasteiger partial charge >= 0.3 is 12.3 Å². The summed E-state index contributed by atoms with van der Waals surface area (Å²) in [6.07, 6.45) is -6.36. The smallest absolute Gasteiger partial charge is 0.416 e. The van der Waals surface area contributed by atoms with E-state index in [9.17, 15) is 32.4 Å². The normalized spacial score (nSPS) is 18.5. The maximum Gasteiger partial charge on any atom is 0.416 e. The largest absolute Gasteiger partial charge is 0.465 e. The number of benzene rings is 1. The molecule has 0 saturated carbocycles.